The first-order chi connectivity index (χ1) is 13.6. The first-order valence-corrected chi connectivity index (χ1v) is 9.20. The summed E-state index contributed by atoms with van der Waals surface area (Å²) in [5, 5.41) is 6.55. The lowest BCUT2D eigenvalue weighted by Crippen LogP contribution is -2.15. The number of anilines is 2. The zero-order valence-electron chi connectivity index (χ0n) is 15.7. The fourth-order valence-electron chi connectivity index (χ4n) is 2.64. The van der Waals surface area contributed by atoms with E-state index in [0.717, 1.165) is 23.3 Å². The molecule has 0 radical (unpaired) electrons. The maximum Gasteiger partial charge on any atom is 0.275 e. The normalized spacial score (nSPS) is 10.4. The van der Waals surface area contributed by atoms with Gasteiger partial charge in [0.1, 0.15) is 17.3 Å². The van der Waals surface area contributed by atoms with Crippen LogP contribution in [0.2, 0.25) is 5.02 Å². The van der Waals surface area contributed by atoms with Crippen molar-refractivity contribution in [1.29, 1.82) is 0 Å². The molecule has 0 saturated heterocycles. The second-order valence-electron chi connectivity index (χ2n) is 6.19. The molecule has 1 amide bonds. The second kappa shape index (κ2) is 9.19. The highest BCUT2D eigenvalue weighted by Gasteiger charge is 2.09. The summed E-state index contributed by atoms with van der Waals surface area (Å²) in [5.74, 6) is 1.12. The standard InChI is InChI=1S/C21H21ClN4O2/c1-14-7-8-16(11-17(14)22)26-21(27)18-12-25-20(13-24-18)23-10-9-15-5-3-4-6-19(15)28-2/h3-8,11-13H,9-10H2,1-2H3,(H,23,25)(H,26,27). The molecule has 1 aromatic heterocycles. The van der Waals surface area contributed by atoms with Crippen molar-refractivity contribution in [2.45, 2.75) is 13.3 Å². The van der Waals surface area contributed by atoms with Crippen LogP contribution in [0.1, 0.15) is 21.6 Å². The summed E-state index contributed by atoms with van der Waals surface area (Å²) < 4.78 is 5.34. The molecule has 3 rings (SSSR count). The van der Waals surface area contributed by atoms with Gasteiger partial charge in [-0.25, -0.2) is 9.97 Å². The van der Waals surface area contributed by atoms with Crippen LogP contribution in [0.3, 0.4) is 0 Å². The van der Waals surface area contributed by atoms with Crippen LogP contribution in [-0.2, 0) is 6.42 Å². The van der Waals surface area contributed by atoms with Crippen molar-refractivity contribution in [2.24, 2.45) is 0 Å². The number of para-hydroxylation sites is 1. The SMILES string of the molecule is COc1ccccc1CCNc1cnc(C(=O)Nc2ccc(C)c(Cl)c2)cn1. The van der Waals surface area contributed by atoms with E-state index in [2.05, 4.69) is 20.6 Å². The largest absolute Gasteiger partial charge is 0.496 e. The Balaban J connectivity index is 1.55. The number of nitrogens with one attached hydrogen (secondary N) is 2. The number of rotatable bonds is 7. The predicted molar refractivity (Wildman–Crippen MR) is 111 cm³/mol. The molecular weight excluding hydrogens is 376 g/mol. The van der Waals surface area contributed by atoms with E-state index in [9.17, 15) is 4.79 Å². The van der Waals surface area contributed by atoms with Crippen LogP contribution in [0.4, 0.5) is 11.5 Å². The monoisotopic (exact) mass is 396 g/mol. The molecule has 0 atom stereocenters. The lowest BCUT2D eigenvalue weighted by molar-refractivity contribution is 0.102. The van der Waals surface area contributed by atoms with Gasteiger partial charge >= 0.3 is 0 Å². The average Bonchev–Trinajstić information content (AvgIpc) is 2.71. The van der Waals surface area contributed by atoms with Crippen molar-refractivity contribution in [2.75, 3.05) is 24.3 Å². The van der Waals surface area contributed by atoms with Crippen molar-refractivity contribution < 1.29 is 9.53 Å². The van der Waals surface area contributed by atoms with Gasteiger partial charge in [-0.1, -0.05) is 35.9 Å². The number of benzene rings is 2. The molecule has 1 heterocycles. The molecule has 0 aliphatic heterocycles. The second-order valence-corrected chi connectivity index (χ2v) is 6.60. The highest BCUT2D eigenvalue weighted by Crippen LogP contribution is 2.20. The smallest absolute Gasteiger partial charge is 0.275 e. The number of amides is 1. The Morgan fingerprint density at radius 1 is 1.14 bits per heavy atom. The molecule has 2 N–H and O–H groups in total. The molecule has 0 bridgehead atoms. The highest BCUT2D eigenvalue weighted by atomic mass is 35.5. The fraction of sp³-hybridized carbons (Fsp3) is 0.190. The molecule has 3 aromatic rings. The van der Waals surface area contributed by atoms with E-state index in [1.807, 2.05) is 37.3 Å². The number of carbonyl (C=O) groups excluding carboxylic acids is 1. The minimum Gasteiger partial charge on any atom is -0.496 e. The Bertz CT molecular complexity index is 961. The Morgan fingerprint density at radius 2 is 1.96 bits per heavy atom. The Morgan fingerprint density at radius 3 is 2.68 bits per heavy atom. The van der Waals surface area contributed by atoms with Gasteiger partial charge in [0, 0.05) is 17.3 Å². The molecule has 0 aliphatic rings. The van der Waals surface area contributed by atoms with Gasteiger partial charge in [0.05, 0.1) is 19.5 Å². The summed E-state index contributed by atoms with van der Waals surface area (Å²) in [6.07, 6.45) is 3.76. The minimum atomic E-state index is -0.340. The number of carbonyl (C=O) groups is 1. The number of hydrogen-bond donors (Lipinski definition) is 2. The van der Waals surface area contributed by atoms with Gasteiger partial charge in [0.25, 0.3) is 5.91 Å². The van der Waals surface area contributed by atoms with Gasteiger partial charge in [0.2, 0.25) is 0 Å². The number of aromatic nitrogens is 2. The van der Waals surface area contributed by atoms with E-state index in [-0.39, 0.29) is 11.6 Å². The molecule has 7 heteroatoms. The number of halogens is 1. The van der Waals surface area contributed by atoms with Crippen LogP contribution in [0.5, 0.6) is 5.75 Å². The van der Waals surface area contributed by atoms with Crippen LogP contribution in [0.15, 0.2) is 54.9 Å². The third-order valence-corrected chi connectivity index (χ3v) is 4.61. The van der Waals surface area contributed by atoms with Crippen molar-refractivity contribution >= 4 is 29.0 Å². The fourth-order valence-corrected chi connectivity index (χ4v) is 2.82. The quantitative estimate of drug-likeness (QED) is 0.620. The molecule has 0 spiro atoms. The van der Waals surface area contributed by atoms with Gasteiger partial charge < -0.3 is 15.4 Å². The van der Waals surface area contributed by atoms with Crippen molar-refractivity contribution in [3.63, 3.8) is 0 Å². The van der Waals surface area contributed by atoms with Gasteiger partial charge in [-0.05, 0) is 42.7 Å². The van der Waals surface area contributed by atoms with E-state index in [1.165, 1.54) is 6.20 Å². The van der Waals surface area contributed by atoms with Crippen molar-refractivity contribution in [3.8, 4) is 5.75 Å². The molecular formula is C21H21ClN4O2. The minimum absolute atomic E-state index is 0.229. The lowest BCUT2D eigenvalue weighted by Gasteiger charge is -2.10. The van der Waals surface area contributed by atoms with Crippen LogP contribution in [0.25, 0.3) is 0 Å². The maximum atomic E-state index is 12.3. The van der Waals surface area contributed by atoms with E-state index >= 15 is 0 Å². The summed E-state index contributed by atoms with van der Waals surface area (Å²) in [7, 11) is 1.66. The summed E-state index contributed by atoms with van der Waals surface area (Å²) in [5.41, 5.74) is 2.90. The Kier molecular flexibility index (Phi) is 6.45. The molecule has 144 valence electrons. The lowest BCUT2D eigenvalue weighted by atomic mass is 10.1. The maximum absolute atomic E-state index is 12.3. The molecule has 0 aliphatic carbocycles. The molecule has 2 aromatic carbocycles. The number of aryl methyl sites for hydroxylation is 1. The predicted octanol–water partition coefficient (Wildman–Crippen LogP) is 4.35. The van der Waals surface area contributed by atoms with Gasteiger partial charge in [-0.15, -0.1) is 0 Å². The molecule has 0 saturated carbocycles. The molecule has 28 heavy (non-hydrogen) atoms. The van der Waals surface area contributed by atoms with Gasteiger partial charge in [0.15, 0.2) is 0 Å². The van der Waals surface area contributed by atoms with E-state index in [1.54, 1.807) is 25.4 Å². The van der Waals surface area contributed by atoms with Crippen LogP contribution >= 0.6 is 11.6 Å². The number of ether oxygens (including phenoxy) is 1. The van der Waals surface area contributed by atoms with Crippen LogP contribution in [0, 0.1) is 6.92 Å². The van der Waals surface area contributed by atoms with Crippen LogP contribution < -0.4 is 15.4 Å². The van der Waals surface area contributed by atoms with Gasteiger partial charge in [-0.3, -0.25) is 4.79 Å². The number of nitrogens with zero attached hydrogens (tertiary/aromatic N) is 2. The topological polar surface area (TPSA) is 76.1 Å². The molecule has 6 nitrogen and oxygen atoms in total. The zero-order chi connectivity index (χ0) is 19.9. The Labute approximate surface area is 168 Å². The average molecular weight is 397 g/mol. The zero-order valence-corrected chi connectivity index (χ0v) is 16.5. The van der Waals surface area contributed by atoms with Crippen molar-refractivity contribution in [3.05, 3.63) is 76.7 Å². The van der Waals surface area contributed by atoms with E-state index in [4.69, 9.17) is 16.3 Å². The first-order valence-electron chi connectivity index (χ1n) is 8.82. The summed E-state index contributed by atoms with van der Waals surface area (Å²) >= 11 is 6.08. The van der Waals surface area contributed by atoms with E-state index in [0.29, 0.717) is 23.1 Å². The number of methoxy groups -OCH3 is 1. The van der Waals surface area contributed by atoms with Crippen LogP contribution in [-0.4, -0.2) is 29.5 Å². The van der Waals surface area contributed by atoms with E-state index < -0.39 is 0 Å². The summed E-state index contributed by atoms with van der Waals surface area (Å²) in [4.78, 5) is 20.7. The summed E-state index contributed by atoms with van der Waals surface area (Å²) in [6, 6.07) is 13.2. The Hall–Kier alpha value is -3.12. The molecule has 0 fully saturated rings. The third-order valence-electron chi connectivity index (χ3n) is 4.21. The third kappa shape index (κ3) is 4.98. The first kappa shape index (κ1) is 19.6. The molecule has 0 unspecified atom stereocenters. The van der Waals surface area contributed by atoms with Crippen molar-refractivity contribution in [1.82, 2.24) is 9.97 Å². The van der Waals surface area contributed by atoms with Gasteiger partial charge in [-0.2, -0.15) is 0 Å². The summed E-state index contributed by atoms with van der Waals surface area (Å²) in [6.45, 7) is 2.57. The number of hydrogen-bond acceptors (Lipinski definition) is 5. The highest BCUT2D eigenvalue weighted by molar-refractivity contribution is 6.31.